The summed E-state index contributed by atoms with van der Waals surface area (Å²) in [6.07, 6.45) is 0.00748. The Hall–Kier alpha value is -3.21. The molecule has 0 aliphatic heterocycles. The van der Waals surface area contributed by atoms with Crippen molar-refractivity contribution in [3.8, 4) is 0 Å². The highest BCUT2D eigenvalue weighted by molar-refractivity contribution is 6.10. The van der Waals surface area contributed by atoms with E-state index in [4.69, 9.17) is 4.74 Å². The van der Waals surface area contributed by atoms with E-state index in [-0.39, 0.29) is 31.0 Å². The van der Waals surface area contributed by atoms with E-state index in [1.54, 1.807) is 6.07 Å². The first-order chi connectivity index (χ1) is 13.4. The zero-order valence-corrected chi connectivity index (χ0v) is 16.3. The summed E-state index contributed by atoms with van der Waals surface area (Å²) in [5, 5.41) is 0.811. The van der Waals surface area contributed by atoms with Crippen LogP contribution in [0.1, 0.15) is 50.4 Å². The van der Waals surface area contributed by atoms with E-state index in [0.29, 0.717) is 11.1 Å². The number of rotatable bonds is 7. The molecule has 0 saturated heterocycles. The summed E-state index contributed by atoms with van der Waals surface area (Å²) in [5.41, 5.74) is 4.88. The van der Waals surface area contributed by atoms with Gasteiger partial charge in [-0.15, -0.1) is 0 Å². The summed E-state index contributed by atoms with van der Waals surface area (Å²) >= 11 is 0. The van der Waals surface area contributed by atoms with Crippen molar-refractivity contribution >= 4 is 28.4 Å². The minimum atomic E-state index is -0.553. The fraction of sp³-hybridized carbons (Fsp3) is 0.261. The molecule has 3 rings (SSSR count). The summed E-state index contributed by atoms with van der Waals surface area (Å²) in [6.45, 7) is 5.41. The number of benzene rings is 2. The lowest BCUT2D eigenvalue weighted by atomic mass is 10.0. The third-order valence-electron chi connectivity index (χ3n) is 4.92. The zero-order chi connectivity index (χ0) is 20.3. The molecule has 5 heteroatoms. The van der Waals surface area contributed by atoms with Crippen molar-refractivity contribution in [3.63, 3.8) is 0 Å². The number of ketones is 2. The molecule has 0 radical (unpaired) electrons. The Balaban J connectivity index is 1.55. The summed E-state index contributed by atoms with van der Waals surface area (Å²) in [5.74, 6) is -0.925. The van der Waals surface area contributed by atoms with Gasteiger partial charge in [0.1, 0.15) is 0 Å². The van der Waals surface area contributed by atoms with E-state index >= 15 is 0 Å². The van der Waals surface area contributed by atoms with Gasteiger partial charge in [-0.2, -0.15) is 0 Å². The van der Waals surface area contributed by atoms with Crippen molar-refractivity contribution in [1.29, 1.82) is 0 Å². The molecule has 28 heavy (non-hydrogen) atoms. The number of carbonyl (C=O) groups is 3. The Labute approximate surface area is 163 Å². The van der Waals surface area contributed by atoms with Crippen LogP contribution in [0.2, 0.25) is 0 Å². The number of nitrogens with one attached hydrogen (secondary N) is 1. The Kier molecular flexibility index (Phi) is 5.73. The number of aryl methyl sites for hydroxylation is 3. The second-order valence-electron chi connectivity index (χ2n) is 6.98. The van der Waals surface area contributed by atoms with Gasteiger partial charge in [0, 0.05) is 34.1 Å². The van der Waals surface area contributed by atoms with Crippen LogP contribution in [0.15, 0.2) is 42.5 Å². The smallest absolute Gasteiger partial charge is 0.306 e. The van der Waals surface area contributed by atoms with Crippen molar-refractivity contribution < 1.29 is 19.1 Å². The highest BCUT2D eigenvalue weighted by Gasteiger charge is 2.18. The van der Waals surface area contributed by atoms with Crippen molar-refractivity contribution in [1.82, 2.24) is 4.98 Å². The Morgan fingerprint density at radius 3 is 2.39 bits per heavy atom. The molecular formula is C23H23NO4. The van der Waals surface area contributed by atoms with E-state index in [9.17, 15) is 14.4 Å². The number of hydrogen-bond donors (Lipinski definition) is 1. The summed E-state index contributed by atoms with van der Waals surface area (Å²) < 4.78 is 5.11. The Morgan fingerprint density at radius 2 is 1.64 bits per heavy atom. The number of aromatic nitrogens is 1. The van der Waals surface area contributed by atoms with Crippen LogP contribution in [0.5, 0.6) is 0 Å². The molecule has 3 aromatic rings. The first-order valence-electron chi connectivity index (χ1n) is 9.23. The number of para-hydroxylation sites is 1. The van der Waals surface area contributed by atoms with Gasteiger partial charge in [-0.3, -0.25) is 14.4 Å². The maximum absolute atomic E-state index is 12.5. The number of ether oxygens (including phenoxy) is 1. The number of carbonyl (C=O) groups excluding carboxylic acids is 3. The third kappa shape index (κ3) is 4.19. The molecule has 0 saturated carbocycles. The fourth-order valence-electron chi connectivity index (χ4n) is 3.20. The quantitative estimate of drug-likeness (QED) is 0.486. The van der Waals surface area contributed by atoms with Crippen molar-refractivity contribution in [2.24, 2.45) is 0 Å². The van der Waals surface area contributed by atoms with Gasteiger partial charge in [-0.05, 0) is 44.0 Å². The summed E-state index contributed by atoms with van der Waals surface area (Å²) in [6, 6.07) is 13.0. The maximum Gasteiger partial charge on any atom is 0.306 e. The average Bonchev–Trinajstić information content (AvgIpc) is 3.02. The zero-order valence-electron chi connectivity index (χ0n) is 16.3. The molecule has 0 unspecified atom stereocenters. The number of hydrogen-bond acceptors (Lipinski definition) is 4. The highest BCUT2D eigenvalue weighted by Crippen LogP contribution is 2.22. The van der Waals surface area contributed by atoms with Crippen LogP contribution in [0.25, 0.3) is 10.9 Å². The van der Waals surface area contributed by atoms with E-state index in [2.05, 4.69) is 4.98 Å². The van der Waals surface area contributed by atoms with Gasteiger partial charge < -0.3 is 9.72 Å². The monoisotopic (exact) mass is 377 g/mol. The average molecular weight is 377 g/mol. The van der Waals surface area contributed by atoms with Gasteiger partial charge >= 0.3 is 5.97 Å². The molecule has 1 aromatic heterocycles. The molecule has 5 nitrogen and oxygen atoms in total. The number of esters is 1. The van der Waals surface area contributed by atoms with Crippen LogP contribution >= 0.6 is 0 Å². The normalized spacial score (nSPS) is 10.8. The first-order valence-corrected chi connectivity index (χ1v) is 9.23. The molecule has 0 aliphatic rings. The van der Waals surface area contributed by atoms with Gasteiger partial charge in [0.25, 0.3) is 0 Å². The van der Waals surface area contributed by atoms with E-state index in [1.807, 2.05) is 57.2 Å². The lowest BCUT2D eigenvalue weighted by molar-refractivity contribution is -0.142. The molecule has 0 bridgehead atoms. The minimum Gasteiger partial charge on any atom is -0.457 e. The topological polar surface area (TPSA) is 76.2 Å². The predicted molar refractivity (Wildman–Crippen MR) is 108 cm³/mol. The molecule has 2 aromatic carbocycles. The van der Waals surface area contributed by atoms with Gasteiger partial charge in [0.2, 0.25) is 5.78 Å². The largest absolute Gasteiger partial charge is 0.457 e. The third-order valence-corrected chi connectivity index (χ3v) is 4.92. The van der Waals surface area contributed by atoms with Crippen molar-refractivity contribution in [3.05, 3.63) is 70.4 Å². The van der Waals surface area contributed by atoms with Crippen LogP contribution in [0.3, 0.4) is 0 Å². The Morgan fingerprint density at radius 1 is 0.893 bits per heavy atom. The van der Waals surface area contributed by atoms with Gasteiger partial charge in [0.15, 0.2) is 12.4 Å². The predicted octanol–water partition coefficient (Wildman–Crippen LogP) is 4.48. The molecule has 0 fully saturated rings. The molecule has 0 amide bonds. The lowest BCUT2D eigenvalue weighted by Gasteiger charge is -2.06. The van der Waals surface area contributed by atoms with Crippen LogP contribution < -0.4 is 0 Å². The lowest BCUT2D eigenvalue weighted by Crippen LogP contribution is -2.15. The van der Waals surface area contributed by atoms with Gasteiger partial charge in [0.05, 0.1) is 6.42 Å². The SMILES string of the molecule is Cc1ccc(C(=O)CCC(=O)OCC(=O)c2c(C)[nH]c3ccccc23)cc1C. The highest BCUT2D eigenvalue weighted by atomic mass is 16.5. The van der Waals surface area contributed by atoms with Crippen molar-refractivity contribution in [2.75, 3.05) is 6.61 Å². The second kappa shape index (κ2) is 8.21. The second-order valence-corrected chi connectivity index (χ2v) is 6.98. The van der Waals surface area contributed by atoms with E-state index < -0.39 is 5.97 Å². The fourth-order valence-corrected chi connectivity index (χ4v) is 3.20. The Bertz CT molecular complexity index is 1060. The van der Waals surface area contributed by atoms with E-state index in [0.717, 1.165) is 27.7 Å². The van der Waals surface area contributed by atoms with Crippen LogP contribution in [-0.2, 0) is 9.53 Å². The first kappa shape index (κ1) is 19.5. The van der Waals surface area contributed by atoms with Crippen LogP contribution in [0.4, 0.5) is 0 Å². The number of fused-ring (bicyclic) bond motifs is 1. The van der Waals surface area contributed by atoms with Gasteiger partial charge in [-0.25, -0.2) is 0 Å². The molecule has 1 heterocycles. The molecular weight excluding hydrogens is 354 g/mol. The summed E-state index contributed by atoms with van der Waals surface area (Å²) in [4.78, 5) is 39.9. The maximum atomic E-state index is 12.5. The van der Waals surface area contributed by atoms with Crippen LogP contribution in [0, 0.1) is 20.8 Å². The molecule has 1 N–H and O–H groups in total. The molecule has 0 spiro atoms. The number of H-pyrrole nitrogens is 1. The number of aromatic amines is 1. The minimum absolute atomic E-state index is 0.0497. The number of Topliss-reactive ketones (excluding diaryl/α,β-unsaturated/α-hetero) is 2. The van der Waals surface area contributed by atoms with Gasteiger partial charge in [-0.1, -0.05) is 30.3 Å². The molecule has 0 atom stereocenters. The van der Waals surface area contributed by atoms with Crippen molar-refractivity contribution in [2.45, 2.75) is 33.6 Å². The molecule has 0 aliphatic carbocycles. The summed E-state index contributed by atoms with van der Waals surface area (Å²) in [7, 11) is 0. The standard InChI is InChI=1S/C23H23NO4/c1-14-8-9-17(12-15(14)2)20(25)10-11-22(27)28-13-21(26)23-16(3)24-19-7-5-4-6-18(19)23/h4-9,12,24H,10-11,13H2,1-3H3. The van der Waals surface area contributed by atoms with E-state index in [1.165, 1.54) is 0 Å². The molecule has 144 valence electrons. The van der Waals surface area contributed by atoms with Crippen LogP contribution in [-0.4, -0.2) is 29.1 Å².